The van der Waals surface area contributed by atoms with Gasteiger partial charge in [-0.3, -0.25) is 9.59 Å². The van der Waals surface area contributed by atoms with E-state index < -0.39 is 0 Å². The maximum absolute atomic E-state index is 12.6. The number of anilines is 1. The van der Waals surface area contributed by atoms with E-state index in [-0.39, 0.29) is 24.3 Å². The lowest BCUT2D eigenvalue weighted by molar-refractivity contribution is -0.121. The van der Waals surface area contributed by atoms with E-state index in [0.717, 1.165) is 12.8 Å². The van der Waals surface area contributed by atoms with Crippen molar-refractivity contribution in [1.29, 1.82) is 5.26 Å². The molecule has 1 atom stereocenters. The highest BCUT2D eigenvalue weighted by atomic mass is 32.1. The Balaban J connectivity index is 1.61. The Morgan fingerprint density at radius 1 is 1.35 bits per heavy atom. The first kappa shape index (κ1) is 18.0. The molecular formula is C19H19N3O3S. The molecule has 2 amide bonds. The van der Waals surface area contributed by atoms with Crippen molar-refractivity contribution >= 4 is 28.8 Å². The minimum atomic E-state index is -0.239. The molecule has 7 heteroatoms. The van der Waals surface area contributed by atoms with Gasteiger partial charge < -0.3 is 15.0 Å². The van der Waals surface area contributed by atoms with Gasteiger partial charge in [-0.05, 0) is 36.4 Å². The number of thiophene rings is 1. The first-order valence-electron chi connectivity index (χ1n) is 8.41. The van der Waals surface area contributed by atoms with E-state index in [1.54, 1.807) is 29.2 Å². The molecule has 134 valence electrons. The predicted molar refractivity (Wildman–Crippen MR) is 99.1 cm³/mol. The number of likely N-dealkylation sites (tertiary alicyclic amines) is 1. The minimum Gasteiger partial charge on any atom is -0.479 e. The Bertz CT molecular complexity index is 814. The molecule has 1 N–H and O–H groups in total. The maximum atomic E-state index is 12.6. The number of piperidine rings is 1. The predicted octanol–water partition coefficient (Wildman–Crippen LogP) is 3.14. The Morgan fingerprint density at radius 3 is 3.00 bits per heavy atom. The number of rotatable bonds is 5. The van der Waals surface area contributed by atoms with Crippen LogP contribution >= 0.6 is 11.3 Å². The van der Waals surface area contributed by atoms with Crippen molar-refractivity contribution in [1.82, 2.24) is 4.90 Å². The smallest absolute Gasteiger partial charge is 0.263 e. The Labute approximate surface area is 156 Å². The number of amides is 2. The molecule has 1 aliphatic rings. The molecule has 1 aromatic heterocycles. The fraction of sp³-hybridized carbons (Fsp3) is 0.316. The Kier molecular flexibility index (Phi) is 5.87. The summed E-state index contributed by atoms with van der Waals surface area (Å²) >= 11 is 1.42. The van der Waals surface area contributed by atoms with Gasteiger partial charge in [0, 0.05) is 24.8 Å². The molecule has 1 aromatic carbocycles. The highest BCUT2D eigenvalue weighted by molar-refractivity contribution is 7.12. The highest BCUT2D eigenvalue weighted by Gasteiger charge is 2.29. The molecule has 0 radical (unpaired) electrons. The second kappa shape index (κ2) is 8.50. The zero-order valence-corrected chi connectivity index (χ0v) is 15.0. The zero-order chi connectivity index (χ0) is 18.4. The summed E-state index contributed by atoms with van der Waals surface area (Å²) in [6, 6.07) is 12.5. The third-order valence-electron chi connectivity index (χ3n) is 4.22. The fourth-order valence-electron chi connectivity index (χ4n) is 2.96. The Morgan fingerprint density at radius 2 is 2.23 bits per heavy atom. The number of benzene rings is 1. The van der Waals surface area contributed by atoms with Gasteiger partial charge >= 0.3 is 0 Å². The summed E-state index contributed by atoms with van der Waals surface area (Å²) in [6.45, 7) is 1.06. The van der Waals surface area contributed by atoms with Gasteiger partial charge in [0.15, 0.2) is 6.61 Å². The standard InChI is InChI=1S/C19H19N3O3S/c20-8-10-25-16-6-1-5-15(12-16)21-18(23)14-4-2-9-22(13-14)19(24)17-7-3-11-26-17/h1,3,5-7,11-12,14H,2,4,9-10,13H2,(H,21,23). The Hall–Kier alpha value is -2.85. The lowest BCUT2D eigenvalue weighted by atomic mass is 9.97. The van der Waals surface area contributed by atoms with E-state index in [1.165, 1.54) is 11.3 Å². The van der Waals surface area contributed by atoms with Gasteiger partial charge in [0.05, 0.1) is 10.8 Å². The summed E-state index contributed by atoms with van der Waals surface area (Å²) in [5.74, 6) is 0.175. The SMILES string of the molecule is N#CCOc1cccc(NC(=O)C2CCCN(C(=O)c3cccs3)C2)c1. The number of hydrogen-bond acceptors (Lipinski definition) is 5. The quantitative estimate of drug-likeness (QED) is 0.878. The summed E-state index contributed by atoms with van der Waals surface area (Å²) in [6.07, 6.45) is 1.56. The molecule has 2 heterocycles. The summed E-state index contributed by atoms with van der Waals surface area (Å²) in [5, 5.41) is 13.3. The van der Waals surface area contributed by atoms with Gasteiger partial charge in [-0.2, -0.15) is 5.26 Å². The monoisotopic (exact) mass is 369 g/mol. The van der Waals surface area contributed by atoms with Gasteiger partial charge in [-0.25, -0.2) is 0 Å². The molecule has 1 aliphatic heterocycles. The molecule has 0 bridgehead atoms. The number of nitriles is 1. The first-order chi connectivity index (χ1) is 12.7. The first-order valence-corrected chi connectivity index (χ1v) is 9.29. The van der Waals surface area contributed by atoms with Gasteiger partial charge in [-0.1, -0.05) is 12.1 Å². The van der Waals surface area contributed by atoms with Gasteiger partial charge in [-0.15, -0.1) is 11.3 Å². The molecule has 26 heavy (non-hydrogen) atoms. The molecule has 0 saturated carbocycles. The van der Waals surface area contributed by atoms with Crippen molar-refractivity contribution in [3.8, 4) is 11.8 Å². The molecular weight excluding hydrogens is 350 g/mol. The summed E-state index contributed by atoms with van der Waals surface area (Å²) in [7, 11) is 0. The van der Waals surface area contributed by atoms with Crippen molar-refractivity contribution in [2.24, 2.45) is 5.92 Å². The van der Waals surface area contributed by atoms with Crippen LogP contribution < -0.4 is 10.1 Å². The number of nitrogens with zero attached hydrogens (tertiary/aromatic N) is 2. The maximum Gasteiger partial charge on any atom is 0.263 e. The summed E-state index contributed by atoms with van der Waals surface area (Å²) < 4.78 is 5.25. The van der Waals surface area contributed by atoms with Crippen molar-refractivity contribution in [3.63, 3.8) is 0 Å². The van der Waals surface area contributed by atoms with Crippen LogP contribution in [0.5, 0.6) is 5.75 Å². The van der Waals surface area contributed by atoms with Crippen LogP contribution in [0.15, 0.2) is 41.8 Å². The van der Waals surface area contributed by atoms with Gasteiger partial charge in [0.2, 0.25) is 5.91 Å². The topological polar surface area (TPSA) is 82.4 Å². The van der Waals surface area contributed by atoms with Crippen molar-refractivity contribution in [2.45, 2.75) is 12.8 Å². The lowest BCUT2D eigenvalue weighted by Gasteiger charge is -2.31. The van der Waals surface area contributed by atoms with Crippen molar-refractivity contribution < 1.29 is 14.3 Å². The second-order valence-corrected chi connectivity index (χ2v) is 6.98. The van der Waals surface area contributed by atoms with E-state index >= 15 is 0 Å². The van der Waals surface area contributed by atoms with E-state index in [1.807, 2.05) is 23.6 Å². The molecule has 3 rings (SSSR count). The van der Waals surface area contributed by atoms with Crippen LogP contribution in [-0.4, -0.2) is 36.4 Å². The zero-order valence-electron chi connectivity index (χ0n) is 14.2. The van der Waals surface area contributed by atoms with Crippen LogP contribution in [0.2, 0.25) is 0 Å². The number of hydrogen-bond donors (Lipinski definition) is 1. The van der Waals surface area contributed by atoms with Gasteiger partial charge in [0.25, 0.3) is 5.91 Å². The molecule has 1 fully saturated rings. The third kappa shape index (κ3) is 4.41. The van der Waals surface area contributed by atoms with E-state index in [9.17, 15) is 9.59 Å². The number of carbonyl (C=O) groups is 2. The van der Waals surface area contributed by atoms with Crippen molar-refractivity contribution in [2.75, 3.05) is 25.0 Å². The number of nitrogens with one attached hydrogen (secondary N) is 1. The van der Waals surface area contributed by atoms with E-state index in [4.69, 9.17) is 10.00 Å². The molecule has 6 nitrogen and oxygen atoms in total. The van der Waals surface area contributed by atoms with Gasteiger partial charge in [0.1, 0.15) is 11.8 Å². The molecule has 1 unspecified atom stereocenters. The van der Waals surface area contributed by atoms with E-state index in [2.05, 4.69) is 5.32 Å². The molecule has 2 aromatic rings. The van der Waals surface area contributed by atoms with Crippen LogP contribution in [0.3, 0.4) is 0 Å². The number of carbonyl (C=O) groups excluding carboxylic acids is 2. The number of ether oxygens (including phenoxy) is 1. The third-order valence-corrected chi connectivity index (χ3v) is 5.07. The van der Waals surface area contributed by atoms with Crippen molar-refractivity contribution in [3.05, 3.63) is 46.7 Å². The normalized spacial score (nSPS) is 16.6. The van der Waals surface area contributed by atoms with Crippen LogP contribution in [0.4, 0.5) is 5.69 Å². The summed E-state index contributed by atoms with van der Waals surface area (Å²) in [5.41, 5.74) is 0.618. The van der Waals surface area contributed by atoms with E-state index in [0.29, 0.717) is 29.4 Å². The fourth-order valence-corrected chi connectivity index (χ4v) is 3.65. The highest BCUT2D eigenvalue weighted by Crippen LogP contribution is 2.23. The van der Waals surface area contributed by atoms with Crippen LogP contribution in [0, 0.1) is 17.2 Å². The van der Waals surface area contributed by atoms with Crippen LogP contribution in [0.1, 0.15) is 22.5 Å². The minimum absolute atomic E-state index is 0.00981. The summed E-state index contributed by atoms with van der Waals surface area (Å²) in [4.78, 5) is 27.6. The molecule has 0 aliphatic carbocycles. The van der Waals surface area contributed by atoms with Crippen LogP contribution in [-0.2, 0) is 4.79 Å². The average molecular weight is 369 g/mol. The lowest BCUT2D eigenvalue weighted by Crippen LogP contribution is -2.43. The largest absolute Gasteiger partial charge is 0.479 e. The second-order valence-electron chi connectivity index (χ2n) is 6.03. The molecule has 1 saturated heterocycles. The average Bonchev–Trinajstić information content (AvgIpc) is 3.21. The van der Waals surface area contributed by atoms with Crippen LogP contribution in [0.25, 0.3) is 0 Å². The molecule has 0 spiro atoms.